The number of hydrogen-bond donors (Lipinski definition) is 1. The molecule has 0 aliphatic rings. The van der Waals surface area contributed by atoms with Gasteiger partial charge in [-0.05, 0) is 13.8 Å². The van der Waals surface area contributed by atoms with Crippen LogP contribution in [-0.2, 0) is 4.74 Å². The first-order valence-electron chi connectivity index (χ1n) is 2.30. The van der Waals surface area contributed by atoms with Crippen LogP contribution in [0.3, 0.4) is 0 Å². The van der Waals surface area contributed by atoms with Gasteiger partial charge in [-0.15, -0.1) is 11.6 Å². The molecule has 48 valence electrons. The lowest BCUT2D eigenvalue weighted by Gasteiger charge is -2.14. The zero-order chi connectivity index (χ0) is 6.78. The minimum absolute atomic E-state index is 0.0965. The Hall–Kier alpha value is -0.240. The molecule has 0 saturated carbocycles. The third kappa shape index (κ3) is 2.17. The SMILES string of the molecule is COC(=N)C(C)(C)Cl. The van der Waals surface area contributed by atoms with Crippen molar-refractivity contribution in [2.45, 2.75) is 18.7 Å². The molecule has 0 unspecified atom stereocenters. The fourth-order valence-electron chi connectivity index (χ4n) is 0.243. The van der Waals surface area contributed by atoms with E-state index in [0.717, 1.165) is 0 Å². The Morgan fingerprint density at radius 3 is 2.00 bits per heavy atom. The Labute approximate surface area is 54.3 Å². The second-order valence-corrected chi connectivity index (χ2v) is 2.95. The van der Waals surface area contributed by atoms with E-state index in [0.29, 0.717) is 0 Å². The van der Waals surface area contributed by atoms with Crippen LogP contribution in [0.15, 0.2) is 0 Å². The van der Waals surface area contributed by atoms with Gasteiger partial charge in [-0.2, -0.15) is 0 Å². The first-order valence-corrected chi connectivity index (χ1v) is 2.68. The van der Waals surface area contributed by atoms with Crippen LogP contribution in [0.5, 0.6) is 0 Å². The fourth-order valence-corrected chi connectivity index (χ4v) is 0.320. The summed E-state index contributed by atoms with van der Waals surface area (Å²) < 4.78 is 4.57. The highest BCUT2D eigenvalue weighted by atomic mass is 35.5. The summed E-state index contributed by atoms with van der Waals surface area (Å²) in [6.07, 6.45) is 0. The van der Waals surface area contributed by atoms with E-state index in [9.17, 15) is 0 Å². The van der Waals surface area contributed by atoms with E-state index in [1.807, 2.05) is 0 Å². The molecular weight excluding hydrogens is 126 g/mol. The molecule has 0 saturated heterocycles. The van der Waals surface area contributed by atoms with Crippen LogP contribution < -0.4 is 0 Å². The van der Waals surface area contributed by atoms with Gasteiger partial charge in [0.15, 0.2) is 0 Å². The minimum Gasteiger partial charge on any atom is -0.483 e. The molecule has 0 bridgehead atoms. The van der Waals surface area contributed by atoms with Gasteiger partial charge in [-0.1, -0.05) is 0 Å². The Kier molecular flexibility index (Phi) is 2.28. The Morgan fingerprint density at radius 1 is 1.62 bits per heavy atom. The van der Waals surface area contributed by atoms with E-state index in [4.69, 9.17) is 17.0 Å². The summed E-state index contributed by atoms with van der Waals surface area (Å²) in [6.45, 7) is 3.42. The number of alkyl halides is 1. The minimum atomic E-state index is -0.658. The van der Waals surface area contributed by atoms with E-state index in [2.05, 4.69) is 4.74 Å². The summed E-state index contributed by atoms with van der Waals surface area (Å²) in [4.78, 5) is -0.658. The predicted octanol–water partition coefficient (Wildman–Crippen LogP) is 1.63. The molecule has 0 aromatic carbocycles. The number of ether oxygens (including phenoxy) is 1. The molecule has 3 heteroatoms. The molecule has 0 heterocycles. The van der Waals surface area contributed by atoms with Crippen molar-refractivity contribution < 1.29 is 4.74 Å². The van der Waals surface area contributed by atoms with Crippen LogP contribution in [0.4, 0.5) is 0 Å². The van der Waals surface area contributed by atoms with E-state index >= 15 is 0 Å². The van der Waals surface area contributed by atoms with Crippen LogP contribution in [-0.4, -0.2) is 17.9 Å². The van der Waals surface area contributed by atoms with Crippen molar-refractivity contribution in [3.8, 4) is 0 Å². The molecule has 0 aromatic heterocycles. The maximum absolute atomic E-state index is 7.03. The van der Waals surface area contributed by atoms with Crippen LogP contribution in [0.2, 0.25) is 0 Å². The van der Waals surface area contributed by atoms with Gasteiger partial charge in [0.1, 0.15) is 4.87 Å². The molecule has 0 aliphatic carbocycles. The maximum atomic E-state index is 7.03. The highest BCUT2D eigenvalue weighted by Gasteiger charge is 2.20. The summed E-state index contributed by atoms with van der Waals surface area (Å²) in [5.74, 6) is 0.0965. The van der Waals surface area contributed by atoms with Gasteiger partial charge in [-0.3, -0.25) is 5.41 Å². The first-order chi connectivity index (χ1) is 3.48. The summed E-state index contributed by atoms with van der Waals surface area (Å²) in [7, 11) is 1.44. The monoisotopic (exact) mass is 135 g/mol. The second kappa shape index (κ2) is 2.35. The fraction of sp³-hybridized carbons (Fsp3) is 0.800. The number of nitrogens with one attached hydrogen (secondary N) is 1. The summed E-state index contributed by atoms with van der Waals surface area (Å²) in [5.41, 5.74) is 0. The number of halogens is 1. The van der Waals surface area contributed by atoms with Gasteiger partial charge in [0, 0.05) is 0 Å². The predicted molar refractivity (Wildman–Crippen MR) is 34.7 cm³/mol. The van der Waals surface area contributed by atoms with Crippen molar-refractivity contribution in [3.05, 3.63) is 0 Å². The second-order valence-electron chi connectivity index (χ2n) is 2.01. The lowest BCUT2D eigenvalue weighted by Crippen LogP contribution is -2.24. The molecule has 2 nitrogen and oxygen atoms in total. The van der Waals surface area contributed by atoms with E-state index in [1.165, 1.54) is 7.11 Å². The largest absolute Gasteiger partial charge is 0.483 e. The highest BCUT2D eigenvalue weighted by Crippen LogP contribution is 2.13. The molecule has 0 fully saturated rings. The Morgan fingerprint density at radius 2 is 2.00 bits per heavy atom. The van der Waals surface area contributed by atoms with Gasteiger partial charge >= 0.3 is 0 Å². The maximum Gasteiger partial charge on any atom is 0.201 e. The van der Waals surface area contributed by atoms with E-state index in [1.54, 1.807) is 13.8 Å². The van der Waals surface area contributed by atoms with Crippen molar-refractivity contribution in [2.24, 2.45) is 0 Å². The molecule has 0 amide bonds. The molecule has 0 rings (SSSR count). The van der Waals surface area contributed by atoms with Crippen molar-refractivity contribution >= 4 is 17.5 Å². The summed E-state index contributed by atoms with van der Waals surface area (Å²) >= 11 is 5.63. The van der Waals surface area contributed by atoms with Crippen molar-refractivity contribution in [1.82, 2.24) is 0 Å². The highest BCUT2D eigenvalue weighted by molar-refractivity contribution is 6.33. The third-order valence-corrected chi connectivity index (χ3v) is 0.916. The zero-order valence-corrected chi connectivity index (χ0v) is 6.04. The van der Waals surface area contributed by atoms with Gasteiger partial charge in [-0.25, -0.2) is 0 Å². The summed E-state index contributed by atoms with van der Waals surface area (Å²) in [5, 5.41) is 7.03. The van der Waals surface area contributed by atoms with Gasteiger partial charge in [0.05, 0.1) is 7.11 Å². The van der Waals surface area contributed by atoms with Crippen molar-refractivity contribution in [3.63, 3.8) is 0 Å². The summed E-state index contributed by atoms with van der Waals surface area (Å²) in [6, 6.07) is 0. The average molecular weight is 136 g/mol. The molecule has 1 N–H and O–H groups in total. The van der Waals surface area contributed by atoms with Crippen LogP contribution in [0.1, 0.15) is 13.8 Å². The number of rotatable bonds is 1. The standard InChI is InChI=1S/C5H10ClNO/c1-5(2,6)4(7)8-3/h7H,1-3H3. The van der Waals surface area contributed by atoms with Gasteiger partial charge in [0.2, 0.25) is 5.90 Å². The van der Waals surface area contributed by atoms with Gasteiger partial charge < -0.3 is 4.74 Å². The zero-order valence-electron chi connectivity index (χ0n) is 5.29. The van der Waals surface area contributed by atoms with Crippen molar-refractivity contribution in [2.75, 3.05) is 7.11 Å². The van der Waals surface area contributed by atoms with Crippen molar-refractivity contribution in [1.29, 1.82) is 5.41 Å². The molecule has 0 aliphatic heterocycles. The lowest BCUT2D eigenvalue weighted by atomic mass is 10.2. The smallest absolute Gasteiger partial charge is 0.201 e. The number of methoxy groups -OCH3 is 1. The molecular formula is C5H10ClNO. The number of hydrogen-bond acceptors (Lipinski definition) is 2. The quantitative estimate of drug-likeness (QED) is 0.331. The average Bonchev–Trinajstić information content (AvgIpc) is 1.62. The van der Waals surface area contributed by atoms with E-state index in [-0.39, 0.29) is 5.90 Å². The molecule has 8 heavy (non-hydrogen) atoms. The van der Waals surface area contributed by atoms with Crippen LogP contribution >= 0.6 is 11.6 Å². The third-order valence-electron chi connectivity index (χ3n) is 0.744. The van der Waals surface area contributed by atoms with E-state index < -0.39 is 4.87 Å². The van der Waals surface area contributed by atoms with Crippen LogP contribution in [0.25, 0.3) is 0 Å². The molecule has 0 atom stereocenters. The lowest BCUT2D eigenvalue weighted by molar-refractivity contribution is 0.376. The Bertz CT molecular complexity index is 95.1. The molecule has 0 spiro atoms. The molecule has 0 aromatic rings. The molecule has 0 radical (unpaired) electrons. The Balaban J connectivity index is 3.82. The first kappa shape index (κ1) is 7.76. The van der Waals surface area contributed by atoms with Gasteiger partial charge in [0.25, 0.3) is 0 Å². The topological polar surface area (TPSA) is 33.1 Å². The van der Waals surface area contributed by atoms with Crippen LogP contribution in [0, 0.1) is 5.41 Å². The normalized spacial score (nSPS) is 11.0.